The van der Waals surface area contributed by atoms with E-state index in [2.05, 4.69) is 0 Å². The highest BCUT2D eigenvalue weighted by Gasteiger charge is 2.10. The largest absolute Gasteiger partial charge is 0.460 e. The van der Waals surface area contributed by atoms with Crippen molar-refractivity contribution in [2.75, 3.05) is 20.3 Å². The Hall–Kier alpha value is -2.73. The predicted molar refractivity (Wildman–Crippen MR) is 80.0 cm³/mol. The molecule has 0 spiro atoms. The fourth-order valence-corrected chi connectivity index (χ4v) is 1.71. The highest BCUT2D eigenvalue weighted by atomic mass is 19.1. The van der Waals surface area contributed by atoms with Crippen LogP contribution in [0.5, 0.6) is 5.75 Å². The van der Waals surface area contributed by atoms with Gasteiger partial charge in [0, 0.05) is 7.11 Å². The second kappa shape index (κ2) is 8.05. The highest BCUT2D eigenvalue weighted by molar-refractivity contribution is 5.92. The first-order chi connectivity index (χ1) is 11.1. The molecule has 0 aliphatic carbocycles. The molecule has 0 aliphatic rings. The third-order valence-electron chi connectivity index (χ3n) is 2.90. The lowest BCUT2D eigenvalue weighted by atomic mass is 10.2. The molecule has 0 radical (unpaired) electrons. The molecule has 120 valence electrons. The Labute approximate surface area is 132 Å². The van der Waals surface area contributed by atoms with Gasteiger partial charge in [-0.15, -0.1) is 0 Å². The molecule has 0 atom stereocenters. The van der Waals surface area contributed by atoms with Crippen LogP contribution in [0, 0.1) is 5.82 Å². The van der Waals surface area contributed by atoms with Crippen LogP contribution < -0.4 is 4.74 Å². The van der Waals surface area contributed by atoms with Gasteiger partial charge < -0.3 is 14.2 Å². The average molecular weight is 318 g/mol. The highest BCUT2D eigenvalue weighted by Crippen LogP contribution is 2.15. The average Bonchev–Trinajstić information content (AvgIpc) is 2.56. The van der Waals surface area contributed by atoms with E-state index in [9.17, 15) is 14.0 Å². The van der Waals surface area contributed by atoms with E-state index >= 15 is 0 Å². The number of ether oxygens (including phenoxy) is 3. The fraction of sp³-hybridized carbons (Fsp3) is 0.176. The summed E-state index contributed by atoms with van der Waals surface area (Å²) >= 11 is 0. The zero-order chi connectivity index (χ0) is 16.7. The van der Waals surface area contributed by atoms with Crippen molar-refractivity contribution in [3.05, 3.63) is 65.5 Å². The van der Waals surface area contributed by atoms with Crippen LogP contribution in [0.1, 0.15) is 20.7 Å². The first kappa shape index (κ1) is 16.6. The minimum absolute atomic E-state index is 0.163. The molecule has 0 saturated heterocycles. The standard InChI is InChI=1S/C17H15FO5/c1-21-10-11-22-16(19)12-4-8-15(9-5-12)23-17(20)13-2-6-14(18)7-3-13/h2-9H,10-11H2,1H3. The van der Waals surface area contributed by atoms with E-state index in [1.165, 1.54) is 55.6 Å². The summed E-state index contributed by atoms with van der Waals surface area (Å²) in [5, 5.41) is 0. The van der Waals surface area contributed by atoms with E-state index in [1.807, 2.05) is 0 Å². The maximum atomic E-state index is 12.8. The van der Waals surface area contributed by atoms with Crippen LogP contribution in [0.3, 0.4) is 0 Å². The Morgan fingerprint density at radius 3 is 2.04 bits per heavy atom. The second-order valence-corrected chi connectivity index (χ2v) is 4.55. The minimum atomic E-state index is -0.611. The first-order valence-corrected chi connectivity index (χ1v) is 6.84. The van der Waals surface area contributed by atoms with Crippen LogP contribution in [-0.2, 0) is 9.47 Å². The summed E-state index contributed by atoms with van der Waals surface area (Å²) in [5.74, 6) is -1.26. The van der Waals surface area contributed by atoms with E-state index in [1.54, 1.807) is 0 Å². The first-order valence-electron chi connectivity index (χ1n) is 6.84. The molecule has 23 heavy (non-hydrogen) atoms. The lowest BCUT2D eigenvalue weighted by molar-refractivity contribution is 0.0388. The Bertz CT molecular complexity index is 664. The zero-order valence-corrected chi connectivity index (χ0v) is 12.5. The van der Waals surface area contributed by atoms with Crippen molar-refractivity contribution in [1.29, 1.82) is 0 Å². The van der Waals surface area contributed by atoms with Gasteiger partial charge in [-0.3, -0.25) is 0 Å². The maximum absolute atomic E-state index is 12.8. The van der Waals surface area contributed by atoms with Gasteiger partial charge in [0.15, 0.2) is 0 Å². The number of rotatable bonds is 6. The van der Waals surface area contributed by atoms with Crippen molar-refractivity contribution in [2.45, 2.75) is 0 Å². The van der Waals surface area contributed by atoms with Crippen LogP contribution in [0.25, 0.3) is 0 Å². The van der Waals surface area contributed by atoms with Crippen molar-refractivity contribution in [3.8, 4) is 5.75 Å². The van der Waals surface area contributed by atoms with Crippen LogP contribution in [0.2, 0.25) is 0 Å². The molecule has 6 heteroatoms. The molecule has 0 aliphatic heterocycles. The van der Waals surface area contributed by atoms with Crippen molar-refractivity contribution in [2.24, 2.45) is 0 Å². The quantitative estimate of drug-likeness (QED) is 0.465. The molecular weight excluding hydrogens is 303 g/mol. The van der Waals surface area contributed by atoms with Gasteiger partial charge in [-0.1, -0.05) is 0 Å². The summed E-state index contributed by atoms with van der Waals surface area (Å²) in [6.07, 6.45) is 0. The third kappa shape index (κ3) is 4.89. The molecule has 2 rings (SSSR count). The molecule has 0 N–H and O–H groups in total. The number of methoxy groups -OCH3 is 1. The number of halogens is 1. The Kier molecular flexibility index (Phi) is 5.82. The van der Waals surface area contributed by atoms with Crippen molar-refractivity contribution < 1.29 is 28.2 Å². The number of esters is 2. The molecule has 0 unspecified atom stereocenters. The summed E-state index contributed by atoms with van der Waals surface area (Å²) in [5.41, 5.74) is 0.567. The van der Waals surface area contributed by atoms with Crippen LogP contribution >= 0.6 is 0 Å². The number of hydrogen-bond donors (Lipinski definition) is 0. The fourth-order valence-electron chi connectivity index (χ4n) is 1.71. The van der Waals surface area contributed by atoms with E-state index in [-0.39, 0.29) is 17.9 Å². The van der Waals surface area contributed by atoms with Gasteiger partial charge in [0.2, 0.25) is 0 Å². The van der Waals surface area contributed by atoms with Crippen molar-refractivity contribution in [1.82, 2.24) is 0 Å². The molecule has 5 nitrogen and oxygen atoms in total. The second-order valence-electron chi connectivity index (χ2n) is 4.55. The van der Waals surface area contributed by atoms with Gasteiger partial charge in [0.25, 0.3) is 0 Å². The smallest absolute Gasteiger partial charge is 0.343 e. The maximum Gasteiger partial charge on any atom is 0.343 e. The molecule has 0 bridgehead atoms. The number of carbonyl (C=O) groups excluding carboxylic acids is 2. The summed E-state index contributed by atoms with van der Waals surface area (Å²) in [4.78, 5) is 23.6. The monoisotopic (exact) mass is 318 g/mol. The van der Waals surface area contributed by atoms with E-state index < -0.39 is 17.8 Å². The lowest BCUT2D eigenvalue weighted by Crippen LogP contribution is -2.10. The molecule has 0 fully saturated rings. The van der Waals surface area contributed by atoms with Crippen LogP contribution in [0.15, 0.2) is 48.5 Å². The van der Waals surface area contributed by atoms with Gasteiger partial charge in [0.05, 0.1) is 17.7 Å². The lowest BCUT2D eigenvalue weighted by Gasteiger charge is -2.06. The topological polar surface area (TPSA) is 61.8 Å². The zero-order valence-electron chi connectivity index (χ0n) is 12.5. The van der Waals surface area contributed by atoms with Gasteiger partial charge in [-0.05, 0) is 48.5 Å². The van der Waals surface area contributed by atoms with Crippen molar-refractivity contribution >= 4 is 11.9 Å². The molecule has 0 amide bonds. The SMILES string of the molecule is COCCOC(=O)c1ccc(OC(=O)c2ccc(F)cc2)cc1. The van der Waals surface area contributed by atoms with Gasteiger partial charge in [-0.2, -0.15) is 0 Å². The van der Waals surface area contributed by atoms with Crippen molar-refractivity contribution in [3.63, 3.8) is 0 Å². The van der Waals surface area contributed by atoms with E-state index in [4.69, 9.17) is 14.2 Å². The normalized spacial score (nSPS) is 10.2. The van der Waals surface area contributed by atoms with E-state index in [0.717, 1.165) is 0 Å². The molecule has 0 aromatic heterocycles. The molecule has 0 saturated carbocycles. The Morgan fingerprint density at radius 2 is 1.43 bits per heavy atom. The number of hydrogen-bond acceptors (Lipinski definition) is 5. The summed E-state index contributed by atoms with van der Waals surface area (Å²) in [6.45, 7) is 0.482. The van der Waals surface area contributed by atoms with E-state index in [0.29, 0.717) is 12.2 Å². The predicted octanol–water partition coefficient (Wildman–Crippen LogP) is 2.85. The van der Waals surface area contributed by atoms with Crippen LogP contribution in [-0.4, -0.2) is 32.3 Å². The number of benzene rings is 2. The Balaban J connectivity index is 1.95. The molecule has 0 heterocycles. The van der Waals surface area contributed by atoms with Gasteiger partial charge in [-0.25, -0.2) is 14.0 Å². The molecule has 2 aromatic rings. The summed E-state index contributed by atoms with van der Waals surface area (Å²) in [6, 6.07) is 11.0. The summed E-state index contributed by atoms with van der Waals surface area (Å²) < 4.78 is 27.7. The third-order valence-corrected chi connectivity index (χ3v) is 2.90. The number of carbonyl (C=O) groups is 2. The molecule has 2 aromatic carbocycles. The molecular formula is C17H15FO5. The van der Waals surface area contributed by atoms with Gasteiger partial charge >= 0.3 is 11.9 Å². The van der Waals surface area contributed by atoms with Crippen LogP contribution in [0.4, 0.5) is 4.39 Å². The minimum Gasteiger partial charge on any atom is -0.460 e. The Morgan fingerprint density at radius 1 is 0.870 bits per heavy atom. The van der Waals surface area contributed by atoms with Gasteiger partial charge in [0.1, 0.15) is 18.2 Å². The summed E-state index contributed by atoms with van der Waals surface area (Å²) in [7, 11) is 1.51.